The number of hydrogen-bond acceptors (Lipinski definition) is 4. The monoisotopic (exact) mass is 368 g/mol. The molecule has 0 spiro atoms. The number of carbonyl (C=O) groups excluding carboxylic acids is 2. The van der Waals surface area contributed by atoms with Gasteiger partial charge in [0.1, 0.15) is 11.5 Å². The number of nitrogens with one attached hydrogen (secondary N) is 1. The van der Waals surface area contributed by atoms with Crippen LogP contribution in [0.25, 0.3) is 0 Å². The molecule has 1 atom stereocenters. The van der Waals surface area contributed by atoms with Gasteiger partial charge in [-0.1, -0.05) is 29.8 Å². The number of ether oxygens (including phenoxy) is 2. The molecule has 2 aromatic rings. The van der Waals surface area contributed by atoms with Gasteiger partial charge in [0.15, 0.2) is 6.61 Å². The van der Waals surface area contributed by atoms with Crippen LogP contribution >= 0.6 is 0 Å². The van der Waals surface area contributed by atoms with E-state index in [1.807, 2.05) is 56.3 Å². The lowest BCUT2D eigenvalue weighted by Crippen LogP contribution is -2.41. The molecule has 2 amide bonds. The third kappa shape index (κ3) is 4.22. The number of benzene rings is 2. The first-order chi connectivity index (χ1) is 13.0. The van der Waals surface area contributed by atoms with Gasteiger partial charge in [0.2, 0.25) is 5.91 Å². The standard InChI is InChI=1S/C21H24N2O4/c1-14-8-9-18(26-3)16(12-14)15(2)22-20(24)10-11-23-17-6-4-5-7-19(17)27-13-21(23)25/h4-9,12,15H,10-11,13H2,1-3H3,(H,22,24)/t15-/m1/s1. The van der Waals surface area contributed by atoms with Crippen molar-refractivity contribution in [2.24, 2.45) is 0 Å². The third-order valence-corrected chi connectivity index (χ3v) is 4.60. The summed E-state index contributed by atoms with van der Waals surface area (Å²) in [5, 5.41) is 2.99. The number of carbonyl (C=O) groups is 2. The van der Waals surface area contributed by atoms with Crippen LogP contribution in [0.4, 0.5) is 5.69 Å². The number of nitrogens with zero attached hydrogens (tertiary/aromatic N) is 1. The molecule has 6 heteroatoms. The smallest absolute Gasteiger partial charge is 0.265 e. The first-order valence-corrected chi connectivity index (χ1v) is 8.95. The topological polar surface area (TPSA) is 67.9 Å². The highest BCUT2D eigenvalue weighted by Gasteiger charge is 2.25. The Morgan fingerprint density at radius 1 is 1.30 bits per heavy atom. The second kappa shape index (κ2) is 8.12. The molecule has 0 unspecified atom stereocenters. The van der Waals surface area contributed by atoms with Crippen molar-refractivity contribution in [3.8, 4) is 11.5 Å². The predicted octanol–water partition coefficient (Wildman–Crippen LogP) is 3.00. The maximum atomic E-state index is 12.5. The molecule has 1 aliphatic rings. The Bertz CT molecular complexity index is 850. The van der Waals surface area contributed by atoms with Crippen LogP contribution in [-0.4, -0.2) is 32.1 Å². The highest BCUT2D eigenvalue weighted by Crippen LogP contribution is 2.31. The van der Waals surface area contributed by atoms with Crippen LogP contribution in [0.5, 0.6) is 11.5 Å². The minimum atomic E-state index is -0.194. The third-order valence-electron chi connectivity index (χ3n) is 4.60. The zero-order valence-corrected chi connectivity index (χ0v) is 15.8. The molecule has 0 bridgehead atoms. The summed E-state index contributed by atoms with van der Waals surface area (Å²) in [6.45, 7) is 4.22. The van der Waals surface area contributed by atoms with E-state index in [-0.39, 0.29) is 30.9 Å². The van der Waals surface area contributed by atoms with Crippen LogP contribution in [0, 0.1) is 6.92 Å². The Morgan fingerprint density at radius 3 is 2.85 bits per heavy atom. The van der Waals surface area contributed by atoms with Crippen LogP contribution in [-0.2, 0) is 9.59 Å². The lowest BCUT2D eigenvalue weighted by atomic mass is 10.0. The van der Waals surface area contributed by atoms with E-state index in [0.717, 1.165) is 16.9 Å². The van der Waals surface area contributed by atoms with Gasteiger partial charge in [-0.05, 0) is 32.0 Å². The summed E-state index contributed by atoms with van der Waals surface area (Å²) in [5.41, 5.74) is 2.73. The van der Waals surface area contributed by atoms with Crippen LogP contribution in [0.3, 0.4) is 0 Å². The Balaban J connectivity index is 1.63. The molecule has 6 nitrogen and oxygen atoms in total. The largest absolute Gasteiger partial charge is 0.496 e. The van der Waals surface area contributed by atoms with E-state index in [1.165, 1.54) is 0 Å². The van der Waals surface area contributed by atoms with E-state index >= 15 is 0 Å². The Hall–Kier alpha value is -3.02. The molecule has 0 radical (unpaired) electrons. The summed E-state index contributed by atoms with van der Waals surface area (Å²) >= 11 is 0. The molecule has 0 aromatic heterocycles. The molecule has 0 saturated heterocycles. The van der Waals surface area contributed by atoms with E-state index in [1.54, 1.807) is 12.0 Å². The summed E-state index contributed by atoms with van der Waals surface area (Å²) < 4.78 is 10.8. The molecule has 2 aromatic carbocycles. The summed E-state index contributed by atoms with van der Waals surface area (Å²) in [6.07, 6.45) is 0.207. The van der Waals surface area contributed by atoms with Gasteiger partial charge in [-0.3, -0.25) is 9.59 Å². The normalized spacial score (nSPS) is 14.2. The van der Waals surface area contributed by atoms with Crippen molar-refractivity contribution >= 4 is 17.5 Å². The van der Waals surface area contributed by atoms with Crippen LogP contribution in [0.1, 0.15) is 30.5 Å². The molecule has 142 valence electrons. The molecule has 0 fully saturated rings. The zero-order valence-electron chi connectivity index (χ0n) is 15.8. The van der Waals surface area contributed by atoms with Crippen LogP contribution < -0.4 is 19.7 Å². The Morgan fingerprint density at radius 2 is 2.07 bits per heavy atom. The van der Waals surface area contributed by atoms with Crippen LogP contribution in [0.15, 0.2) is 42.5 Å². The number of methoxy groups -OCH3 is 1. The van der Waals surface area contributed by atoms with Gasteiger partial charge in [0.05, 0.1) is 18.8 Å². The molecular weight excluding hydrogens is 344 g/mol. The minimum absolute atomic E-state index is 0.00444. The zero-order chi connectivity index (χ0) is 19.4. The SMILES string of the molecule is COc1ccc(C)cc1[C@@H](C)NC(=O)CCN1C(=O)COc2ccccc21. The summed E-state index contributed by atoms with van der Waals surface area (Å²) in [5.74, 6) is 1.14. The molecule has 27 heavy (non-hydrogen) atoms. The fourth-order valence-electron chi connectivity index (χ4n) is 3.20. The lowest BCUT2D eigenvalue weighted by molar-refractivity contribution is -0.122. The minimum Gasteiger partial charge on any atom is -0.496 e. The molecule has 1 N–H and O–H groups in total. The molecule has 1 aliphatic heterocycles. The molecule has 1 heterocycles. The van der Waals surface area contributed by atoms with E-state index < -0.39 is 0 Å². The van der Waals surface area contributed by atoms with Crippen molar-refractivity contribution in [1.82, 2.24) is 5.32 Å². The number of anilines is 1. The van der Waals surface area contributed by atoms with Crippen molar-refractivity contribution < 1.29 is 19.1 Å². The average Bonchev–Trinajstić information content (AvgIpc) is 2.67. The van der Waals surface area contributed by atoms with Gasteiger partial charge in [0, 0.05) is 18.5 Å². The van der Waals surface area contributed by atoms with Crippen molar-refractivity contribution in [3.05, 3.63) is 53.6 Å². The van der Waals surface area contributed by atoms with Crippen molar-refractivity contribution in [3.63, 3.8) is 0 Å². The van der Waals surface area contributed by atoms with Crippen molar-refractivity contribution in [1.29, 1.82) is 0 Å². The van der Waals surface area contributed by atoms with Gasteiger partial charge >= 0.3 is 0 Å². The van der Waals surface area contributed by atoms with E-state index in [4.69, 9.17) is 9.47 Å². The molecular formula is C21H24N2O4. The number of amides is 2. The fourth-order valence-corrected chi connectivity index (χ4v) is 3.20. The van der Waals surface area contributed by atoms with E-state index in [9.17, 15) is 9.59 Å². The quantitative estimate of drug-likeness (QED) is 0.851. The first kappa shape index (κ1) is 18.8. The predicted molar refractivity (Wildman–Crippen MR) is 103 cm³/mol. The summed E-state index contributed by atoms with van der Waals surface area (Å²) in [7, 11) is 1.62. The maximum absolute atomic E-state index is 12.5. The number of rotatable bonds is 6. The summed E-state index contributed by atoms with van der Waals surface area (Å²) in [4.78, 5) is 26.2. The number of fused-ring (bicyclic) bond motifs is 1. The van der Waals surface area contributed by atoms with Crippen molar-refractivity contribution in [2.75, 3.05) is 25.2 Å². The van der Waals surface area contributed by atoms with E-state index in [2.05, 4.69) is 5.32 Å². The van der Waals surface area contributed by atoms with Gasteiger partial charge in [-0.2, -0.15) is 0 Å². The Kier molecular flexibility index (Phi) is 5.64. The summed E-state index contributed by atoms with van der Waals surface area (Å²) in [6, 6.07) is 13.0. The number of hydrogen-bond donors (Lipinski definition) is 1. The number of para-hydroxylation sites is 2. The average molecular weight is 368 g/mol. The van der Waals surface area contributed by atoms with E-state index in [0.29, 0.717) is 18.0 Å². The molecule has 3 rings (SSSR count). The highest BCUT2D eigenvalue weighted by molar-refractivity contribution is 5.98. The lowest BCUT2D eigenvalue weighted by Gasteiger charge is -2.29. The first-order valence-electron chi connectivity index (χ1n) is 8.95. The van der Waals surface area contributed by atoms with Gasteiger partial charge in [-0.25, -0.2) is 0 Å². The second-order valence-electron chi connectivity index (χ2n) is 6.59. The fraction of sp³-hybridized carbons (Fsp3) is 0.333. The van der Waals surface area contributed by atoms with Gasteiger partial charge < -0.3 is 19.7 Å². The van der Waals surface area contributed by atoms with Crippen molar-refractivity contribution in [2.45, 2.75) is 26.3 Å². The molecule has 0 aliphatic carbocycles. The Labute approximate surface area is 159 Å². The molecule has 0 saturated carbocycles. The van der Waals surface area contributed by atoms with Gasteiger partial charge in [-0.15, -0.1) is 0 Å². The van der Waals surface area contributed by atoms with Gasteiger partial charge in [0.25, 0.3) is 5.91 Å². The van der Waals surface area contributed by atoms with Crippen LogP contribution in [0.2, 0.25) is 0 Å². The number of aryl methyl sites for hydroxylation is 1. The highest BCUT2D eigenvalue weighted by atomic mass is 16.5. The second-order valence-corrected chi connectivity index (χ2v) is 6.59. The maximum Gasteiger partial charge on any atom is 0.265 e.